The minimum Gasteiger partial charge on any atom is -0.502 e. The summed E-state index contributed by atoms with van der Waals surface area (Å²) in [5, 5.41) is 18.3. The van der Waals surface area contributed by atoms with Crippen molar-refractivity contribution >= 4 is 11.8 Å². The number of aliphatic hydroxyl groups is 1. The van der Waals surface area contributed by atoms with E-state index in [0.717, 1.165) is 12.8 Å². The van der Waals surface area contributed by atoms with Crippen molar-refractivity contribution in [2.24, 2.45) is 16.7 Å². The number of carboxylic acid groups (broad SMARTS) is 1. The molecule has 0 saturated heterocycles. The van der Waals surface area contributed by atoms with Crippen LogP contribution in [0.2, 0.25) is 0 Å². The first kappa shape index (κ1) is 11.2. The van der Waals surface area contributed by atoms with Gasteiger partial charge in [-0.3, -0.25) is 4.79 Å². The molecule has 0 heterocycles. The van der Waals surface area contributed by atoms with Gasteiger partial charge in [0.25, 0.3) is 0 Å². The molecule has 0 aromatic heterocycles. The van der Waals surface area contributed by atoms with Crippen molar-refractivity contribution < 1.29 is 19.8 Å². The van der Waals surface area contributed by atoms with Crippen molar-refractivity contribution in [3.8, 4) is 0 Å². The van der Waals surface area contributed by atoms with Gasteiger partial charge in [0.05, 0.1) is 0 Å². The molecule has 2 fully saturated rings. The van der Waals surface area contributed by atoms with Crippen LogP contribution in [0.1, 0.15) is 33.6 Å². The van der Waals surface area contributed by atoms with Crippen LogP contribution in [-0.4, -0.2) is 22.0 Å². The third kappa shape index (κ3) is 0.996. The van der Waals surface area contributed by atoms with Gasteiger partial charge in [0, 0.05) is 11.0 Å². The fourth-order valence-corrected chi connectivity index (χ4v) is 3.26. The smallest absolute Gasteiger partial charge is 0.371 e. The zero-order valence-corrected chi connectivity index (χ0v) is 9.70. The molecule has 2 unspecified atom stereocenters. The lowest BCUT2D eigenvalue weighted by molar-refractivity contribution is -0.136. The first-order valence-corrected chi connectivity index (χ1v) is 5.44. The number of fused-ring (bicyclic) bond motifs is 2. The molecule has 88 valence electrons. The van der Waals surface area contributed by atoms with E-state index in [2.05, 4.69) is 0 Å². The van der Waals surface area contributed by atoms with Gasteiger partial charge in [-0.05, 0) is 24.2 Å². The van der Waals surface area contributed by atoms with Gasteiger partial charge >= 0.3 is 5.97 Å². The molecule has 4 heteroatoms. The predicted molar refractivity (Wildman–Crippen MR) is 56.9 cm³/mol. The Bertz CT molecular complexity index is 419. The van der Waals surface area contributed by atoms with Crippen molar-refractivity contribution in [1.29, 1.82) is 0 Å². The second kappa shape index (κ2) is 2.87. The lowest BCUT2D eigenvalue weighted by atomic mass is 9.70. The second-order valence-corrected chi connectivity index (χ2v) is 5.54. The quantitative estimate of drug-likeness (QED) is 0.527. The highest BCUT2D eigenvalue weighted by Crippen LogP contribution is 2.65. The molecule has 2 saturated carbocycles. The number of hydrogen-bond donors (Lipinski definition) is 2. The first-order chi connectivity index (χ1) is 7.23. The van der Waals surface area contributed by atoms with Crippen LogP contribution in [0, 0.1) is 16.7 Å². The maximum absolute atomic E-state index is 12.2. The fourth-order valence-electron chi connectivity index (χ4n) is 3.26. The van der Waals surface area contributed by atoms with E-state index in [1.54, 1.807) is 0 Å². The zero-order chi connectivity index (χ0) is 12.3. The minimum atomic E-state index is -1.41. The van der Waals surface area contributed by atoms with Gasteiger partial charge in [-0.1, -0.05) is 20.8 Å². The largest absolute Gasteiger partial charge is 0.502 e. The van der Waals surface area contributed by atoms with Gasteiger partial charge in [-0.25, -0.2) is 4.79 Å². The molecule has 0 aromatic rings. The summed E-state index contributed by atoms with van der Waals surface area (Å²) in [5.41, 5.74) is -0.648. The fraction of sp³-hybridized carbons (Fsp3) is 0.667. The molecule has 2 aliphatic rings. The van der Waals surface area contributed by atoms with E-state index in [0.29, 0.717) is 0 Å². The van der Waals surface area contributed by atoms with Gasteiger partial charge in [-0.2, -0.15) is 0 Å². The van der Waals surface area contributed by atoms with Crippen LogP contribution in [0.3, 0.4) is 0 Å². The Morgan fingerprint density at radius 1 is 1.31 bits per heavy atom. The monoisotopic (exact) mass is 224 g/mol. The minimum absolute atomic E-state index is 0.124. The van der Waals surface area contributed by atoms with Crippen LogP contribution in [0.25, 0.3) is 0 Å². The number of ketones is 1. The number of rotatable bonds is 1. The average Bonchev–Trinajstić information content (AvgIpc) is 2.48. The van der Waals surface area contributed by atoms with E-state index >= 15 is 0 Å². The van der Waals surface area contributed by atoms with Crippen molar-refractivity contribution in [3.05, 3.63) is 11.3 Å². The summed E-state index contributed by atoms with van der Waals surface area (Å²) in [5.74, 6) is -2.48. The maximum atomic E-state index is 12.2. The Labute approximate surface area is 94.0 Å². The van der Waals surface area contributed by atoms with E-state index in [4.69, 9.17) is 5.11 Å². The molecule has 0 radical (unpaired) electrons. The maximum Gasteiger partial charge on any atom is 0.371 e. The molecular weight excluding hydrogens is 208 g/mol. The van der Waals surface area contributed by atoms with E-state index < -0.39 is 17.1 Å². The molecule has 0 aromatic carbocycles. The average molecular weight is 224 g/mol. The first-order valence-electron chi connectivity index (χ1n) is 5.44. The lowest BCUT2D eigenvalue weighted by Crippen LogP contribution is -2.32. The lowest BCUT2D eigenvalue weighted by Gasteiger charge is -2.31. The second-order valence-electron chi connectivity index (χ2n) is 5.54. The molecule has 0 spiro atoms. The molecule has 16 heavy (non-hydrogen) atoms. The molecule has 0 amide bonds. The summed E-state index contributed by atoms with van der Waals surface area (Å²) in [6.07, 6.45) is 1.56. The predicted octanol–water partition coefficient (Wildman–Crippen LogP) is 1.91. The van der Waals surface area contributed by atoms with Crippen LogP contribution < -0.4 is 0 Å². The van der Waals surface area contributed by atoms with Crippen molar-refractivity contribution in [1.82, 2.24) is 0 Å². The van der Waals surface area contributed by atoms with Crippen LogP contribution in [0.15, 0.2) is 11.3 Å². The molecule has 4 nitrogen and oxygen atoms in total. The molecule has 0 aliphatic heterocycles. The van der Waals surface area contributed by atoms with E-state index in [-0.39, 0.29) is 22.7 Å². The number of aliphatic hydroxyl groups excluding tert-OH is 1. The number of carboxylic acids is 1. The molecule has 2 aliphatic carbocycles. The summed E-state index contributed by atoms with van der Waals surface area (Å²) in [6.45, 7) is 5.83. The Balaban J connectivity index is 2.61. The van der Waals surface area contributed by atoms with E-state index in [9.17, 15) is 14.7 Å². The van der Waals surface area contributed by atoms with Gasteiger partial charge in [0.2, 0.25) is 5.76 Å². The normalized spacial score (nSPS) is 38.9. The molecule has 2 N–H and O–H groups in total. The third-order valence-electron chi connectivity index (χ3n) is 4.78. The van der Waals surface area contributed by atoms with Gasteiger partial charge < -0.3 is 10.2 Å². The number of aliphatic carboxylic acids is 1. The highest BCUT2D eigenvalue weighted by Gasteiger charge is 2.65. The number of carbonyl (C=O) groups excluding carboxylic acids is 1. The SMILES string of the molecule is CC12CCC(C(=C(O)C(=O)O)C1=O)C2(C)C. The van der Waals surface area contributed by atoms with Crippen molar-refractivity contribution in [3.63, 3.8) is 0 Å². The Morgan fingerprint density at radius 3 is 2.25 bits per heavy atom. The highest BCUT2D eigenvalue weighted by atomic mass is 16.4. The summed E-state index contributed by atoms with van der Waals surface area (Å²) >= 11 is 0. The van der Waals surface area contributed by atoms with Crippen LogP contribution in [-0.2, 0) is 9.59 Å². The van der Waals surface area contributed by atoms with Crippen LogP contribution in [0.5, 0.6) is 0 Å². The molecule has 2 bridgehead atoms. The summed E-state index contributed by atoms with van der Waals surface area (Å²) in [7, 11) is 0. The Kier molecular flexibility index (Phi) is 2.00. The van der Waals surface area contributed by atoms with E-state index in [1.165, 1.54) is 0 Å². The highest BCUT2D eigenvalue weighted by molar-refractivity contribution is 6.09. The van der Waals surface area contributed by atoms with Crippen molar-refractivity contribution in [2.75, 3.05) is 0 Å². The Hall–Kier alpha value is -1.32. The standard InChI is InChI=1S/C12H16O4/c1-11(2)6-4-5-12(11,3)9(14)7(6)8(13)10(15)16/h6,13H,4-5H2,1-3H3,(H,15,16). The summed E-state index contributed by atoms with van der Waals surface area (Å²) in [4.78, 5) is 22.9. The van der Waals surface area contributed by atoms with Gasteiger partial charge in [0.15, 0.2) is 5.78 Å². The van der Waals surface area contributed by atoms with Crippen LogP contribution in [0.4, 0.5) is 0 Å². The third-order valence-corrected chi connectivity index (χ3v) is 4.78. The summed E-state index contributed by atoms with van der Waals surface area (Å²) < 4.78 is 0. The topological polar surface area (TPSA) is 74.6 Å². The number of Topliss-reactive ketones (excluding diaryl/α,β-unsaturated/α-hetero) is 1. The van der Waals surface area contributed by atoms with Crippen LogP contribution >= 0.6 is 0 Å². The molecule has 2 atom stereocenters. The van der Waals surface area contributed by atoms with Gasteiger partial charge in [-0.15, -0.1) is 0 Å². The zero-order valence-electron chi connectivity index (χ0n) is 9.70. The number of carbonyl (C=O) groups is 2. The Morgan fingerprint density at radius 2 is 1.88 bits per heavy atom. The van der Waals surface area contributed by atoms with Gasteiger partial charge in [0.1, 0.15) is 0 Å². The number of allylic oxidation sites excluding steroid dienone is 1. The molecule has 2 rings (SSSR count). The molecular formula is C12H16O4. The van der Waals surface area contributed by atoms with E-state index in [1.807, 2.05) is 20.8 Å². The van der Waals surface area contributed by atoms with Crippen molar-refractivity contribution in [2.45, 2.75) is 33.6 Å². The number of hydrogen-bond acceptors (Lipinski definition) is 3. The summed E-state index contributed by atoms with van der Waals surface area (Å²) in [6, 6.07) is 0.